The van der Waals surface area contributed by atoms with E-state index in [1.165, 1.54) is 0 Å². The second-order valence-electron chi connectivity index (χ2n) is 7.08. The molecule has 150 valence electrons. The van der Waals surface area contributed by atoms with Gasteiger partial charge in [-0.15, -0.1) is 0 Å². The third kappa shape index (κ3) is 3.75. The minimum absolute atomic E-state index is 0.440. The van der Waals surface area contributed by atoms with Crippen molar-refractivity contribution >= 4 is 11.0 Å². The van der Waals surface area contributed by atoms with Gasteiger partial charge in [0.15, 0.2) is 0 Å². The molecule has 5 rings (SSSR count). The molecule has 0 aliphatic heterocycles. The second kappa shape index (κ2) is 7.99. The van der Waals surface area contributed by atoms with Crippen molar-refractivity contribution in [2.75, 3.05) is 0 Å². The molecule has 2 radical (unpaired) electrons. The summed E-state index contributed by atoms with van der Waals surface area (Å²) in [5.41, 5.74) is 5.36. The van der Waals surface area contributed by atoms with Gasteiger partial charge in [0, 0.05) is 36.9 Å². The number of para-hydroxylation sites is 2. The molecule has 0 amide bonds. The van der Waals surface area contributed by atoms with Crippen LogP contribution in [0, 0.1) is 13.3 Å². The smallest absolute Gasteiger partial charge is 0.246 e. The topological polar surface area (TPSA) is 65.7 Å². The van der Waals surface area contributed by atoms with Crippen LogP contribution in [0.1, 0.15) is 17.1 Å². The van der Waals surface area contributed by atoms with E-state index in [0.717, 1.165) is 33.7 Å². The average molecular weight is 405 g/mol. The lowest BCUT2D eigenvalue weighted by molar-refractivity contribution is 0.462. The van der Waals surface area contributed by atoms with Crippen LogP contribution in [0.5, 0.6) is 11.6 Å². The highest BCUT2D eigenvalue weighted by Crippen LogP contribution is 2.31. The van der Waals surface area contributed by atoms with E-state index in [-0.39, 0.29) is 0 Å². The van der Waals surface area contributed by atoms with E-state index in [9.17, 15) is 0 Å². The Labute approximate surface area is 180 Å². The summed E-state index contributed by atoms with van der Waals surface area (Å²) >= 11 is 0. The summed E-state index contributed by atoms with van der Waals surface area (Å²) in [4.78, 5) is 17.8. The SMILES string of the molecule is Cc1ncccc1-c1nccnc1Oc1ccc([C]c2nc3ccccc3n2C)cc1. The van der Waals surface area contributed by atoms with Crippen LogP contribution in [-0.4, -0.2) is 24.5 Å². The third-order valence-corrected chi connectivity index (χ3v) is 5.04. The summed E-state index contributed by atoms with van der Waals surface area (Å²) in [6.07, 6.45) is 8.38. The lowest BCUT2D eigenvalue weighted by atomic mass is 10.1. The van der Waals surface area contributed by atoms with Gasteiger partial charge in [-0.05, 0) is 48.9 Å². The predicted molar refractivity (Wildman–Crippen MR) is 119 cm³/mol. The number of aromatic nitrogens is 5. The number of hydrogen-bond donors (Lipinski definition) is 0. The fourth-order valence-corrected chi connectivity index (χ4v) is 3.42. The summed E-state index contributed by atoms with van der Waals surface area (Å²) < 4.78 is 8.08. The molecule has 0 aliphatic carbocycles. The summed E-state index contributed by atoms with van der Waals surface area (Å²) in [5.74, 6) is 1.88. The van der Waals surface area contributed by atoms with Gasteiger partial charge < -0.3 is 9.30 Å². The highest BCUT2D eigenvalue weighted by Gasteiger charge is 2.13. The van der Waals surface area contributed by atoms with Crippen molar-refractivity contribution in [3.63, 3.8) is 0 Å². The molecule has 0 unspecified atom stereocenters. The first-order chi connectivity index (χ1) is 15.2. The first-order valence-corrected chi connectivity index (χ1v) is 9.88. The molecule has 6 nitrogen and oxygen atoms in total. The molecule has 0 N–H and O–H groups in total. The van der Waals surface area contributed by atoms with Crippen LogP contribution in [0.25, 0.3) is 22.3 Å². The van der Waals surface area contributed by atoms with Crippen molar-refractivity contribution in [1.29, 1.82) is 0 Å². The number of imidazole rings is 1. The largest absolute Gasteiger partial charge is 0.437 e. The Balaban J connectivity index is 1.38. The van der Waals surface area contributed by atoms with Gasteiger partial charge >= 0.3 is 0 Å². The normalized spacial score (nSPS) is 11.0. The van der Waals surface area contributed by atoms with E-state index in [1.54, 1.807) is 18.6 Å². The van der Waals surface area contributed by atoms with Crippen molar-refractivity contribution < 1.29 is 4.74 Å². The van der Waals surface area contributed by atoms with Crippen LogP contribution in [0.15, 0.2) is 79.3 Å². The highest BCUT2D eigenvalue weighted by molar-refractivity contribution is 5.76. The van der Waals surface area contributed by atoms with Gasteiger partial charge in [-0.2, -0.15) is 0 Å². The maximum Gasteiger partial charge on any atom is 0.246 e. The fourth-order valence-electron chi connectivity index (χ4n) is 3.42. The van der Waals surface area contributed by atoms with Gasteiger partial charge in [0.05, 0.1) is 17.5 Å². The lowest BCUT2D eigenvalue weighted by Crippen LogP contribution is -1.98. The zero-order chi connectivity index (χ0) is 21.2. The molecule has 6 heteroatoms. The summed E-state index contributed by atoms with van der Waals surface area (Å²) in [6.45, 7) is 1.94. The van der Waals surface area contributed by atoms with E-state index in [2.05, 4.69) is 26.4 Å². The molecule has 0 spiro atoms. The number of hydrogen-bond acceptors (Lipinski definition) is 5. The zero-order valence-corrected chi connectivity index (χ0v) is 17.1. The summed E-state index contributed by atoms with van der Waals surface area (Å²) in [5, 5.41) is 0. The molecule has 0 atom stereocenters. The summed E-state index contributed by atoms with van der Waals surface area (Å²) in [7, 11) is 1.99. The van der Waals surface area contributed by atoms with Gasteiger partial charge in [-0.3, -0.25) is 4.98 Å². The second-order valence-corrected chi connectivity index (χ2v) is 7.08. The minimum atomic E-state index is 0.440. The number of benzene rings is 2. The number of pyridine rings is 1. The Morgan fingerprint density at radius 3 is 2.45 bits per heavy atom. The van der Waals surface area contributed by atoms with Gasteiger partial charge in [0.1, 0.15) is 17.3 Å². The Kier molecular flexibility index (Phi) is 4.88. The molecule has 5 aromatic rings. The molecule has 0 saturated carbocycles. The number of nitrogens with zero attached hydrogens (tertiary/aromatic N) is 5. The zero-order valence-electron chi connectivity index (χ0n) is 17.1. The minimum Gasteiger partial charge on any atom is -0.437 e. The van der Waals surface area contributed by atoms with Gasteiger partial charge in [0.25, 0.3) is 0 Å². The monoisotopic (exact) mass is 405 g/mol. The maximum atomic E-state index is 6.05. The van der Waals surface area contributed by atoms with Crippen LogP contribution in [0.3, 0.4) is 0 Å². The van der Waals surface area contributed by atoms with Crippen LogP contribution >= 0.6 is 0 Å². The van der Waals surface area contributed by atoms with Crippen molar-refractivity contribution in [1.82, 2.24) is 24.5 Å². The van der Waals surface area contributed by atoms with Gasteiger partial charge in [-0.25, -0.2) is 15.0 Å². The predicted octanol–water partition coefficient (Wildman–Crippen LogP) is 5.00. The van der Waals surface area contributed by atoms with Crippen LogP contribution < -0.4 is 4.74 Å². The van der Waals surface area contributed by atoms with Crippen LogP contribution in [0.4, 0.5) is 0 Å². The quantitative estimate of drug-likeness (QED) is 0.411. The van der Waals surface area contributed by atoms with Gasteiger partial charge in [0.2, 0.25) is 5.88 Å². The van der Waals surface area contributed by atoms with Crippen molar-refractivity contribution in [2.45, 2.75) is 6.92 Å². The molecule has 0 bridgehead atoms. The Morgan fingerprint density at radius 2 is 1.65 bits per heavy atom. The van der Waals surface area contributed by atoms with E-state index in [0.29, 0.717) is 17.3 Å². The van der Waals surface area contributed by atoms with E-state index in [4.69, 9.17) is 4.74 Å². The molecule has 2 aromatic carbocycles. The third-order valence-electron chi connectivity index (χ3n) is 5.04. The molecule has 31 heavy (non-hydrogen) atoms. The summed E-state index contributed by atoms with van der Waals surface area (Å²) in [6, 6.07) is 19.5. The Hall–Kier alpha value is -4.06. The molecule has 0 aliphatic rings. The Morgan fingerprint density at radius 1 is 0.839 bits per heavy atom. The average Bonchev–Trinajstić information content (AvgIpc) is 3.11. The van der Waals surface area contributed by atoms with E-state index < -0.39 is 0 Å². The molecular formula is C25H19N5O. The van der Waals surface area contributed by atoms with Crippen LogP contribution in [0.2, 0.25) is 0 Å². The molecular weight excluding hydrogens is 386 g/mol. The number of ether oxygens (including phenoxy) is 1. The first-order valence-electron chi connectivity index (χ1n) is 9.88. The number of fused-ring (bicyclic) bond motifs is 1. The van der Waals surface area contributed by atoms with E-state index in [1.807, 2.05) is 79.2 Å². The molecule has 3 aromatic heterocycles. The number of aryl methyl sites for hydroxylation is 2. The first kappa shape index (κ1) is 18.9. The van der Waals surface area contributed by atoms with Gasteiger partial charge in [-0.1, -0.05) is 24.3 Å². The van der Waals surface area contributed by atoms with Crippen molar-refractivity contribution in [3.05, 3.63) is 103 Å². The molecule has 3 heterocycles. The molecule has 0 fully saturated rings. The van der Waals surface area contributed by atoms with E-state index >= 15 is 0 Å². The highest BCUT2D eigenvalue weighted by atomic mass is 16.5. The number of rotatable bonds is 5. The lowest BCUT2D eigenvalue weighted by Gasteiger charge is -2.10. The fraction of sp³-hybridized carbons (Fsp3) is 0.0800. The maximum absolute atomic E-state index is 6.05. The van der Waals surface area contributed by atoms with Crippen molar-refractivity contribution in [3.8, 4) is 22.9 Å². The molecule has 0 saturated heterocycles. The van der Waals surface area contributed by atoms with Crippen LogP contribution in [-0.2, 0) is 7.05 Å². The van der Waals surface area contributed by atoms with Crippen molar-refractivity contribution in [2.24, 2.45) is 7.05 Å². The standard InChI is InChI=1S/C25H19N5O/c1-17-20(6-5-13-26-17)24-25(28-15-14-27-24)31-19-11-9-18(10-12-19)16-23-29-21-7-3-4-8-22(21)30(23)2/h3-15H,1-2H3. The Bertz CT molecular complexity index is 1360.